The van der Waals surface area contributed by atoms with E-state index in [-0.39, 0.29) is 17.9 Å². The molecule has 1 atom stereocenters. The Kier molecular flexibility index (Phi) is 8.17. The minimum atomic E-state index is -3.60. The average Bonchev–Trinajstić information content (AvgIpc) is 2.82. The molecule has 0 spiro atoms. The van der Waals surface area contributed by atoms with Crippen LogP contribution in [0.2, 0.25) is 0 Å². The predicted octanol–water partition coefficient (Wildman–Crippen LogP) is 5.50. The Morgan fingerprint density at radius 3 is 2.34 bits per heavy atom. The van der Waals surface area contributed by atoms with Crippen LogP contribution in [0.3, 0.4) is 0 Å². The van der Waals surface area contributed by atoms with Gasteiger partial charge in [-0.2, -0.15) is 0 Å². The lowest BCUT2D eigenvalue weighted by Gasteiger charge is -2.16. The van der Waals surface area contributed by atoms with Crippen molar-refractivity contribution in [2.45, 2.75) is 32.6 Å². The number of halogens is 1. The minimum Gasteiger partial charge on any atom is -0.493 e. The second kappa shape index (κ2) is 10.9. The van der Waals surface area contributed by atoms with Crippen LogP contribution in [0.15, 0.2) is 54.6 Å². The molecule has 6 nitrogen and oxygen atoms in total. The fourth-order valence-electron chi connectivity index (χ4n) is 3.92. The second-order valence-corrected chi connectivity index (χ2v) is 10.3. The van der Waals surface area contributed by atoms with Gasteiger partial charge in [0.05, 0.1) is 26.2 Å². The zero-order chi connectivity index (χ0) is 25.8. The zero-order valence-corrected chi connectivity index (χ0v) is 21.3. The summed E-state index contributed by atoms with van der Waals surface area (Å²) in [7, 11) is -0.423. The monoisotopic (exact) mass is 499 g/mol. The number of benzene rings is 3. The first kappa shape index (κ1) is 26.2. The molecule has 0 aromatic heterocycles. The van der Waals surface area contributed by atoms with E-state index in [0.29, 0.717) is 23.5 Å². The number of ether oxygens (including phenoxy) is 2. The van der Waals surface area contributed by atoms with Crippen molar-refractivity contribution in [2.24, 2.45) is 0 Å². The van der Waals surface area contributed by atoms with Crippen molar-refractivity contribution in [1.82, 2.24) is 0 Å². The number of rotatable bonds is 10. The third-order valence-electron chi connectivity index (χ3n) is 5.87. The molecule has 0 aliphatic rings. The SMILES string of the molecule is COc1ccc(-c2cc(C)ccc2CCC(=O)C(C)c2ccc(NS(C)(=O)=O)c(F)c2)cc1OC. The Balaban J connectivity index is 1.79. The summed E-state index contributed by atoms with van der Waals surface area (Å²) in [6.07, 6.45) is 1.74. The molecule has 1 N–H and O–H groups in total. The van der Waals surface area contributed by atoms with Gasteiger partial charge in [0.15, 0.2) is 11.5 Å². The van der Waals surface area contributed by atoms with Gasteiger partial charge in [0.25, 0.3) is 0 Å². The summed E-state index contributed by atoms with van der Waals surface area (Å²) in [4.78, 5) is 13.0. The number of carbonyl (C=O) groups excluding carboxylic acids is 1. The van der Waals surface area contributed by atoms with Gasteiger partial charge in [-0.05, 0) is 59.9 Å². The molecular weight excluding hydrogens is 469 g/mol. The molecule has 0 fully saturated rings. The minimum absolute atomic E-state index is 0.0351. The van der Waals surface area contributed by atoms with Crippen molar-refractivity contribution in [2.75, 3.05) is 25.2 Å². The summed E-state index contributed by atoms with van der Waals surface area (Å²) >= 11 is 0. The van der Waals surface area contributed by atoms with Crippen LogP contribution in [0.1, 0.15) is 36.0 Å². The third kappa shape index (κ3) is 6.60. The Bertz CT molecular complexity index is 1340. The molecule has 0 saturated carbocycles. The highest BCUT2D eigenvalue weighted by Crippen LogP contribution is 2.35. The maximum atomic E-state index is 14.4. The third-order valence-corrected chi connectivity index (χ3v) is 6.46. The van der Waals surface area contributed by atoms with Gasteiger partial charge in [0.1, 0.15) is 11.6 Å². The number of sulfonamides is 1. The first-order chi connectivity index (χ1) is 16.5. The highest BCUT2D eigenvalue weighted by molar-refractivity contribution is 7.92. The molecule has 0 aliphatic heterocycles. The summed E-state index contributed by atoms with van der Waals surface area (Å²) < 4.78 is 50.0. The fourth-order valence-corrected chi connectivity index (χ4v) is 4.49. The van der Waals surface area contributed by atoms with Crippen molar-refractivity contribution >= 4 is 21.5 Å². The number of hydrogen-bond donors (Lipinski definition) is 1. The number of hydrogen-bond acceptors (Lipinski definition) is 5. The normalized spacial score (nSPS) is 12.2. The van der Waals surface area contributed by atoms with Crippen LogP contribution >= 0.6 is 0 Å². The highest BCUT2D eigenvalue weighted by Gasteiger charge is 2.19. The van der Waals surface area contributed by atoms with E-state index in [4.69, 9.17) is 9.47 Å². The van der Waals surface area contributed by atoms with Crippen molar-refractivity contribution in [3.8, 4) is 22.6 Å². The second-order valence-electron chi connectivity index (χ2n) is 8.53. The summed E-state index contributed by atoms with van der Waals surface area (Å²) in [5, 5.41) is 0. The van der Waals surface area contributed by atoms with E-state index in [1.54, 1.807) is 27.2 Å². The molecule has 8 heteroatoms. The van der Waals surface area contributed by atoms with Crippen LogP contribution in [-0.2, 0) is 21.2 Å². The largest absolute Gasteiger partial charge is 0.493 e. The number of nitrogens with one attached hydrogen (secondary N) is 1. The summed E-state index contributed by atoms with van der Waals surface area (Å²) in [6.45, 7) is 3.74. The Morgan fingerprint density at radius 2 is 1.71 bits per heavy atom. The lowest BCUT2D eigenvalue weighted by molar-refractivity contribution is -0.120. The predicted molar refractivity (Wildman–Crippen MR) is 136 cm³/mol. The maximum absolute atomic E-state index is 14.4. The van der Waals surface area contributed by atoms with Crippen LogP contribution in [0.25, 0.3) is 11.1 Å². The smallest absolute Gasteiger partial charge is 0.229 e. The molecule has 186 valence electrons. The van der Waals surface area contributed by atoms with E-state index in [0.717, 1.165) is 28.5 Å². The Hall–Kier alpha value is -3.39. The van der Waals surface area contributed by atoms with Crippen LogP contribution in [0.4, 0.5) is 10.1 Å². The molecule has 0 amide bonds. The molecule has 0 heterocycles. The molecule has 35 heavy (non-hydrogen) atoms. The van der Waals surface area contributed by atoms with Crippen molar-refractivity contribution < 1.29 is 27.1 Å². The molecular formula is C27H30FNO5S. The number of anilines is 1. The van der Waals surface area contributed by atoms with Gasteiger partial charge in [0.2, 0.25) is 10.0 Å². The highest BCUT2D eigenvalue weighted by atomic mass is 32.2. The summed E-state index contributed by atoms with van der Waals surface area (Å²) in [5.74, 6) is -0.0295. The first-order valence-corrected chi connectivity index (χ1v) is 13.0. The number of aryl methyl sites for hydroxylation is 2. The van der Waals surface area contributed by atoms with E-state index in [1.165, 1.54) is 12.1 Å². The lowest BCUT2D eigenvalue weighted by atomic mass is 9.90. The van der Waals surface area contributed by atoms with Crippen LogP contribution < -0.4 is 14.2 Å². The number of methoxy groups -OCH3 is 2. The van der Waals surface area contributed by atoms with E-state index in [2.05, 4.69) is 10.8 Å². The van der Waals surface area contributed by atoms with E-state index >= 15 is 0 Å². The van der Waals surface area contributed by atoms with Gasteiger partial charge >= 0.3 is 0 Å². The van der Waals surface area contributed by atoms with Crippen LogP contribution in [-0.4, -0.2) is 34.7 Å². The average molecular weight is 500 g/mol. The van der Waals surface area contributed by atoms with Gasteiger partial charge in [-0.1, -0.05) is 42.8 Å². The van der Waals surface area contributed by atoms with Gasteiger partial charge in [-0.25, -0.2) is 12.8 Å². The van der Waals surface area contributed by atoms with E-state index in [1.807, 2.05) is 37.3 Å². The van der Waals surface area contributed by atoms with Crippen molar-refractivity contribution in [1.29, 1.82) is 0 Å². The molecule has 3 aromatic carbocycles. The number of carbonyl (C=O) groups is 1. The van der Waals surface area contributed by atoms with Gasteiger partial charge in [-0.3, -0.25) is 9.52 Å². The molecule has 3 rings (SSSR count). The Morgan fingerprint density at radius 1 is 1.00 bits per heavy atom. The molecule has 0 aliphatic carbocycles. The van der Waals surface area contributed by atoms with E-state index < -0.39 is 21.8 Å². The van der Waals surface area contributed by atoms with Crippen molar-refractivity contribution in [3.05, 3.63) is 77.1 Å². The maximum Gasteiger partial charge on any atom is 0.229 e. The molecule has 0 saturated heterocycles. The standard InChI is InChI=1S/C27H30FNO5S/c1-17-6-7-19(22(14-17)21-10-13-26(33-3)27(16-21)34-4)9-12-25(30)18(2)20-8-11-24(23(28)15-20)29-35(5,31)32/h6-8,10-11,13-16,18,29H,9,12H2,1-5H3. The van der Waals surface area contributed by atoms with Gasteiger partial charge in [-0.15, -0.1) is 0 Å². The number of Topliss-reactive ketones (excluding diaryl/α,β-unsaturated/α-hetero) is 1. The first-order valence-electron chi connectivity index (χ1n) is 11.1. The van der Waals surface area contributed by atoms with Crippen molar-refractivity contribution in [3.63, 3.8) is 0 Å². The van der Waals surface area contributed by atoms with Crippen LogP contribution in [0, 0.1) is 12.7 Å². The molecule has 1 unspecified atom stereocenters. The van der Waals surface area contributed by atoms with Gasteiger partial charge in [0, 0.05) is 12.3 Å². The molecule has 0 radical (unpaired) electrons. The lowest BCUT2D eigenvalue weighted by Crippen LogP contribution is -2.13. The molecule has 3 aromatic rings. The molecule has 0 bridgehead atoms. The zero-order valence-electron chi connectivity index (χ0n) is 20.5. The topological polar surface area (TPSA) is 81.7 Å². The quantitative estimate of drug-likeness (QED) is 0.399. The van der Waals surface area contributed by atoms with E-state index in [9.17, 15) is 17.6 Å². The number of ketones is 1. The summed E-state index contributed by atoms with van der Waals surface area (Å²) in [6, 6.07) is 15.9. The summed E-state index contributed by atoms with van der Waals surface area (Å²) in [5.41, 5.74) is 4.43. The van der Waals surface area contributed by atoms with Crippen LogP contribution in [0.5, 0.6) is 11.5 Å². The Labute approximate surface area is 206 Å². The van der Waals surface area contributed by atoms with Gasteiger partial charge < -0.3 is 9.47 Å². The fraction of sp³-hybridized carbons (Fsp3) is 0.296.